The Balaban J connectivity index is 2.29. The highest BCUT2D eigenvalue weighted by atomic mass is 15.2. The highest BCUT2D eigenvalue weighted by molar-refractivity contribution is 5.80. The number of hydrogen-bond acceptors (Lipinski definition) is 2. The number of fused-ring (bicyclic) bond motifs is 1. The monoisotopic (exact) mass is 223 g/mol. The van der Waals surface area contributed by atoms with Crippen LogP contribution < -0.4 is 5.73 Å². The van der Waals surface area contributed by atoms with Crippen molar-refractivity contribution in [3.63, 3.8) is 0 Å². The van der Waals surface area contributed by atoms with Crippen LogP contribution >= 0.6 is 0 Å². The third kappa shape index (κ3) is 1.56. The fraction of sp³-hybridized carbons (Fsp3) is 0.0714. The van der Waals surface area contributed by atoms with Crippen LogP contribution in [0, 0.1) is 6.92 Å². The standard InChI is InChI=1S/C14H13N3/c1-10-6-8-11(9-7-10)17-13-5-3-2-4-12(13)16-14(17)15/h2-9H,1H3,(H2,15,16). The molecule has 0 aliphatic carbocycles. The zero-order chi connectivity index (χ0) is 11.8. The second kappa shape index (κ2) is 3.63. The zero-order valence-electron chi connectivity index (χ0n) is 9.59. The number of nitrogen functional groups attached to an aromatic ring is 1. The quantitative estimate of drug-likeness (QED) is 0.689. The van der Waals surface area contributed by atoms with Crippen molar-refractivity contribution in [2.75, 3.05) is 5.73 Å². The van der Waals surface area contributed by atoms with E-state index in [1.807, 2.05) is 28.8 Å². The van der Waals surface area contributed by atoms with E-state index in [1.165, 1.54) is 5.56 Å². The second-order valence-electron chi connectivity index (χ2n) is 4.13. The molecule has 3 nitrogen and oxygen atoms in total. The minimum Gasteiger partial charge on any atom is -0.369 e. The zero-order valence-corrected chi connectivity index (χ0v) is 9.59. The molecule has 0 aliphatic rings. The largest absolute Gasteiger partial charge is 0.369 e. The molecule has 3 rings (SSSR count). The first-order valence-corrected chi connectivity index (χ1v) is 5.56. The van der Waals surface area contributed by atoms with E-state index in [4.69, 9.17) is 5.73 Å². The molecule has 0 amide bonds. The predicted octanol–water partition coefficient (Wildman–Crippen LogP) is 2.92. The van der Waals surface area contributed by atoms with Crippen LogP contribution in [0.5, 0.6) is 0 Å². The van der Waals surface area contributed by atoms with Crippen LogP contribution in [0.25, 0.3) is 16.7 Å². The van der Waals surface area contributed by atoms with Gasteiger partial charge in [0.15, 0.2) is 0 Å². The van der Waals surface area contributed by atoms with E-state index in [2.05, 4.69) is 36.2 Å². The summed E-state index contributed by atoms with van der Waals surface area (Å²) >= 11 is 0. The lowest BCUT2D eigenvalue weighted by Gasteiger charge is -2.06. The van der Waals surface area contributed by atoms with E-state index in [1.54, 1.807) is 0 Å². The average Bonchev–Trinajstić information content (AvgIpc) is 2.66. The lowest BCUT2D eigenvalue weighted by molar-refractivity contribution is 1.11. The van der Waals surface area contributed by atoms with Gasteiger partial charge in [0.1, 0.15) is 0 Å². The first-order chi connectivity index (χ1) is 8.25. The smallest absolute Gasteiger partial charge is 0.205 e. The molecule has 84 valence electrons. The van der Waals surface area contributed by atoms with Gasteiger partial charge in [-0.05, 0) is 31.2 Å². The first-order valence-electron chi connectivity index (χ1n) is 5.56. The van der Waals surface area contributed by atoms with Gasteiger partial charge in [-0.15, -0.1) is 0 Å². The van der Waals surface area contributed by atoms with Gasteiger partial charge < -0.3 is 5.73 Å². The molecule has 0 saturated carbocycles. The van der Waals surface area contributed by atoms with Gasteiger partial charge in [-0.3, -0.25) is 4.57 Å². The first kappa shape index (κ1) is 9.90. The maximum absolute atomic E-state index is 5.98. The summed E-state index contributed by atoms with van der Waals surface area (Å²) in [6, 6.07) is 16.2. The molecule has 3 aromatic rings. The van der Waals surface area contributed by atoms with Gasteiger partial charge in [-0.1, -0.05) is 29.8 Å². The van der Waals surface area contributed by atoms with Gasteiger partial charge in [0, 0.05) is 5.69 Å². The van der Waals surface area contributed by atoms with Crippen molar-refractivity contribution >= 4 is 17.0 Å². The molecule has 1 aromatic heterocycles. The van der Waals surface area contributed by atoms with E-state index >= 15 is 0 Å². The molecule has 0 spiro atoms. The van der Waals surface area contributed by atoms with Crippen molar-refractivity contribution in [3.05, 3.63) is 54.1 Å². The molecule has 0 fully saturated rings. The van der Waals surface area contributed by atoms with E-state index in [0.717, 1.165) is 16.7 Å². The molecule has 0 radical (unpaired) electrons. The summed E-state index contributed by atoms with van der Waals surface area (Å²) < 4.78 is 1.97. The highest BCUT2D eigenvalue weighted by Gasteiger charge is 2.08. The Morgan fingerprint density at radius 1 is 1.00 bits per heavy atom. The van der Waals surface area contributed by atoms with Crippen LogP contribution in [0.2, 0.25) is 0 Å². The van der Waals surface area contributed by atoms with Crippen molar-refractivity contribution in [3.8, 4) is 5.69 Å². The van der Waals surface area contributed by atoms with Crippen molar-refractivity contribution in [2.24, 2.45) is 0 Å². The minimum atomic E-state index is 0.523. The molecular formula is C14H13N3. The summed E-state index contributed by atoms with van der Waals surface area (Å²) in [7, 11) is 0. The Kier molecular flexibility index (Phi) is 2.11. The van der Waals surface area contributed by atoms with E-state index in [-0.39, 0.29) is 0 Å². The van der Waals surface area contributed by atoms with Gasteiger partial charge in [0.25, 0.3) is 0 Å². The van der Waals surface area contributed by atoms with Gasteiger partial charge in [-0.25, -0.2) is 4.98 Å². The summed E-state index contributed by atoms with van der Waals surface area (Å²) in [6.45, 7) is 2.07. The highest BCUT2D eigenvalue weighted by Crippen LogP contribution is 2.22. The molecule has 1 heterocycles. The third-order valence-electron chi connectivity index (χ3n) is 2.88. The molecule has 2 N–H and O–H groups in total. The van der Waals surface area contributed by atoms with E-state index in [0.29, 0.717) is 5.95 Å². The molecule has 0 atom stereocenters. The maximum Gasteiger partial charge on any atom is 0.205 e. The van der Waals surface area contributed by atoms with Crippen LogP contribution in [-0.4, -0.2) is 9.55 Å². The van der Waals surface area contributed by atoms with Crippen LogP contribution in [0.3, 0.4) is 0 Å². The number of benzene rings is 2. The summed E-state index contributed by atoms with van der Waals surface area (Å²) in [5.41, 5.74) is 10.2. The van der Waals surface area contributed by atoms with Gasteiger partial charge in [0.05, 0.1) is 11.0 Å². The van der Waals surface area contributed by atoms with Crippen molar-refractivity contribution in [1.82, 2.24) is 9.55 Å². The number of aromatic nitrogens is 2. The SMILES string of the molecule is Cc1ccc(-n2c(N)nc3ccccc32)cc1. The molecule has 0 bridgehead atoms. The Morgan fingerprint density at radius 3 is 2.47 bits per heavy atom. The number of aryl methyl sites for hydroxylation is 1. The Bertz CT molecular complexity index is 666. The topological polar surface area (TPSA) is 43.8 Å². The summed E-state index contributed by atoms with van der Waals surface area (Å²) in [6.07, 6.45) is 0. The lowest BCUT2D eigenvalue weighted by Crippen LogP contribution is -2.00. The van der Waals surface area contributed by atoms with Crippen LogP contribution in [0.4, 0.5) is 5.95 Å². The number of rotatable bonds is 1. The summed E-state index contributed by atoms with van der Waals surface area (Å²) in [4.78, 5) is 4.35. The van der Waals surface area contributed by atoms with Crippen LogP contribution in [0.15, 0.2) is 48.5 Å². The predicted molar refractivity (Wildman–Crippen MR) is 70.2 cm³/mol. The van der Waals surface area contributed by atoms with Gasteiger partial charge in [-0.2, -0.15) is 0 Å². The normalized spacial score (nSPS) is 10.9. The Hall–Kier alpha value is -2.29. The third-order valence-corrected chi connectivity index (χ3v) is 2.88. The molecule has 17 heavy (non-hydrogen) atoms. The fourth-order valence-corrected chi connectivity index (χ4v) is 2.01. The Morgan fingerprint density at radius 2 is 1.71 bits per heavy atom. The molecule has 0 aliphatic heterocycles. The Labute approximate surface area is 99.5 Å². The summed E-state index contributed by atoms with van der Waals surface area (Å²) in [5.74, 6) is 0.523. The van der Waals surface area contributed by atoms with Gasteiger partial charge in [0.2, 0.25) is 5.95 Å². The number of hydrogen-bond donors (Lipinski definition) is 1. The van der Waals surface area contributed by atoms with E-state index < -0.39 is 0 Å². The van der Waals surface area contributed by atoms with Crippen molar-refractivity contribution in [1.29, 1.82) is 0 Å². The summed E-state index contributed by atoms with van der Waals surface area (Å²) in [5, 5.41) is 0. The molecule has 2 aromatic carbocycles. The number of para-hydroxylation sites is 2. The van der Waals surface area contributed by atoms with Crippen LogP contribution in [0.1, 0.15) is 5.56 Å². The molecule has 0 unspecified atom stereocenters. The molecular weight excluding hydrogens is 210 g/mol. The lowest BCUT2D eigenvalue weighted by atomic mass is 10.2. The number of imidazole rings is 1. The van der Waals surface area contributed by atoms with Crippen molar-refractivity contribution in [2.45, 2.75) is 6.92 Å². The minimum absolute atomic E-state index is 0.523. The van der Waals surface area contributed by atoms with Crippen molar-refractivity contribution < 1.29 is 0 Å². The average molecular weight is 223 g/mol. The maximum atomic E-state index is 5.98. The number of anilines is 1. The number of nitrogens with two attached hydrogens (primary N) is 1. The molecule has 3 heteroatoms. The molecule has 0 saturated heterocycles. The van der Waals surface area contributed by atoms with Crippen LogP contribution in [-0.2, 0) is 0 Å². The number of nitrogens with zero attached hydrogens (tertiary/aromatic N) is 2. The van der Waals surface area contributed by atoms with E-state index in [9.17, 15) is 0 Å². The second-order valence-corrected chi connectivity index (χ2v) is 4.13. The van der Waals surface area contributed by atoms with Gasteiger partial charge >= 0.3 is 0 Å². The fourth-order valence-electron chi connectivity index (χ4n) is 2.01.